The molecule has 2 heterocycles. The molecule has 0 amide bonds. The Morgan fingerprint density at radius 2 is 1.78 bits per heavy atom. The van der Waals surface area contributed by atoms with Crippen molar-refractivity contribution in [1.82, 2.24) is 14.9 Å². The van der Waals surface area contributed by atoms with Crippen LogP contribution in [0.5, 0.6) is 0 Å². The highest BCUT2D eigenvalue weighted by molar-refractivity contribution is 5.51. The molecule has 1 aliphatic heterocycles. The molecular formula is C18H25N5. The van der Waals surface area contributed by atoms with E-state index in [0.717, 1.165) is 50.5 Å². The standard InChI is InChI=1S/C18H25N5/c1-3-22-8-10-23(11-9-22)17-16(13-20-18(19)21-17)12-15-6-4-14(2)5-7-15/h4-7,13H,3,8-12H2,1-2H3,(H2,19,20,21). The lowest BCUT2D eigenvalue weighted by Crippen LogP contribution is -2.46. The first-order valence-corrected chi connectivity index (χ1v) is 8.30. The van der Waals surface area contributed by atoms with Crippen LogP contribution in [-0.2, 0) is 6.42 Å². The molecule has 0 unspecified atom stereocenters. The third kappa shape index (κ3) is 3.79. The van der Waals surface area contributed by atoms with Crippen molar-refractivity contribution in [2.24, 2.45) is 0 Å². The summed E-state index contributed by atoms with van der Waals surface area (Å²) >= 11 is 0. The van der Waals surface area contributed by atoms with Gasteiger partial charge in [-0.15, -0.1) is 0 Å². The first-order valence-electron chi connectivity index (χ1n) is 8.30. The van der Waals surface area contributed by atoms with Crippen LogP contribution in [0, 0.1) is 6.92 Å². The maximum Gasteiger partial charge on any atom is 0.221 e. The maximum atomic E-state index is 5.84. The van der Waals surface area contributed by atoms with Gasteiger partial charge in [0.1, 0.15) is 5.82 Å². The molecule has 0 saturated carbocycles. The van der Waals surface area contributed by atoms with Crippen LogP contribution in [0.3, 0.4) is 0 Å². The molecule has 2 N–H and O–H groups in total. The normalized spacial score (nSPS) is 15.8. The Balaban J connectivity index is 1.82. The van der Waals surface area contributed by atoms with E-state index in [1.54, 1.807) is 0 Å². The molecule has 1 aromatic carbocycles. The number of hydrogen-bond donors (Lipinski definition) is 1. The molecule has 3 rings (SSSR count). The molecule has 0 bridgehead atoms. The van der Waals surface area contributed by atoms with Crippen LogP contribution < -0.4 is 10.6 Å². The van der Waals surface area contributed by atoms with Gasteiger partial charge in [-0.2, -0.15) is 4.98 Å². The molecule has 2 aromatic rings. The van der Waals surface area contributed by atoms with E-state index < -0.39 is 0 Å². The van der Waals surface area contributed by atoms with Crippen LogP contribution in [0.15, 0.2) is 30.5 Å². The number of benzene rings is 1. The van der Waals surface area contributed by atoms with Gasteiger partial charge in [-0.1, -0.05) is 36.8 Å². The number of piperazine rings is 1. The summed E-state index contributed by atoms with van der Waals surface area (Å²) in [5.74, 6) is 1.35. The zero-order chi connectivity index (χ0) is 16.2. The van der Waals surface area contributed by atoms with Crippen LogP contribution in [0.4, 0.5) is 11.8 Å². The number of aryl methyl sites for hydroxylation is 1. The van der Waals surface area contributed by atoms with E-state index in [9.17, 15) is 0 Å². The van der Waals surface area contributed by atoms with E-state index in [1.807, 2.05) is 6.20 Å². The molecule has 23 heavy (non-hydrogen) atoms. The summed E-state index contributed by atoms with van der Waals surface area (Å²) in [6.07, 6.45) is 2.72. The van der Waals surface area contributed by atoms with Crippen molar-refractivity contribution in [3.8, 4) is 0 Å². The van der Waals surface area contributed by atoms with Crippen molar-refractivity contribution in [2.75, 3.05) is 43.4 Å². The molecule has 5 nitrogen and oxygen atoms in total. The Bertz CT molecular complexity index is 645. The van der Waals surface area contributed by atoms with Crippen LogP contribution in [-0.4, -0.2) is 47.6 Å². The van der Waals surface area contributed by atoms with E-state index in [-0.39, 0.29) is 0 Å². The summed E-state index contributed by atoms with van der Waals surface area (Å²) in [7, 11) is 0. The highest BCUT2D eigenvalue weighted by atomic mass is 15.3. The Kier molecular flexibility index (Phi) is 4.76. The fraction of sp³-hybridized carbons (Fsp3) is 0.444. The van der Waals surface area contributed by atoms with Gasteiger partial charge in [0.25, 0.3) is 0 Å². The highest BCUT2D eigenvalue weighted by Gasteiger charge is 2.20. The van der Waals surface area contributed by atoms with Gasteiger partial charge in [0, 0.05) is 44.4 Å². The van der Waals surface area contributed by atoms with Gasteiger partial charge in [0.2, 0.25) is 5.95 Å². The number of likely N-dealkylation sites (N-methyl/N-ethyl adjacent to an activating group) is 1. The van der Waals surface area contributed by atoms with Gasteiger partial charge in [0.15, 0.2) is 0 Å². The fourth-order valence-electron chi connectivity index (χ4n) is 3.01. The van der Waals surface area contributed by atoms with E-state index in [2.05, 4.69) is 57.9 Å². The Morgan fingerprint density at radius 3 is 2.43 bits per heavy atom. The summed E-state index contributed by atoms with van der Waals surface area (Å²) in [5.41, 5.74) is 9.54. The SMILES string of the molecule is CCN1CCN(c2nc(N)ncc2Cc2ccc(C)cc2)CC1. The quantitative estimate of drug-likeness (QED) is 0.937. The third-order valence-electron chi connectivity index (χ3n) is 4.49. The van der Waals surface area contributed by atoms with E-state index in [0.29, 0.717) is 5.95 Å². The van der Waals surface area contributed by atoms with Crippen LogP contribution in [0.1, 0.15) is 23.6 Å². The average Bonchev–Trinajstić information content (AvgIpc) is 2.58. The van der Waals surface area contributed by atoms with Gasteiger partial charge < -0.3 is 15.5 Å². The van der Waals surface area contributed by atoms with Crippen molar-refractivity contribution >= 4 is 11.8 Å². The maximum absolute atomic E-state index is 5.84. The second kappa shape index (κ2) is 6.96. The van der Waals surface area contributed by atoms with E-state index in [1.165, 1.54) is 11.1 Å². The minimum absolute atomic E-state index is 0.352. The molecule has 1 saturated heterocycles. The first kappa shape index (κ1) is 15.7. The van der Waals surface area contributed by atoms with Crippen LogP contribution in [0.25, 0.3) is 0 Å². The number of nitrogens with two attached hydrogens (primary N) is 1. The summed E-state index contributed by atoms with van der Waals surface area (Å²) in [5, 5.41) is 0. The third-order valence-corrected chi connectivity index (χ3v) is 4.49. The molecule has 0 atom stereocenters. The average molecular weight is 311 g/mol. The van der Waals surface area contributed by atoms with Gasteiger partial charge in [-0.05, 0) is 19.0 Å². The van der Waals surface area contributed by atoms with Gasteiger partial charge in [0.05, 0.1) is 0 Å². The van der Waals surface area contributed by atoms with Crippen molar-refractivity contribution in [1.29, 1.82) is 0 Å². The molecule has 5 heteroatoms. The molecule has 1 aliphatic rings. The molecule has 1 fully saturated rings. The molecule has 122 valence electrons. The van der Waals surface area contributed by atoms with E-state index in [4.69, 9.17) is 5.73 Å². The van der Waals surface area contributed by atoms with Crippen molar-refractivity contribution in [3.05, 3.63) is 47.2 Å². The number of nitrogens with zero attached hydrogens (tertiary/aromatic N) is 4. The predicted molar refractivity (Wildman–Crippen MR) is 94.8 cm³/mol. The monoisotopic (exact) mass is 311 g/mol. The minimum Gasteiger partial charge on any atom is -0.368 e. The minimum atomic E-state index is 0.352. The van der Waals surface area contributed by atoms with E-state index >= 15 is 0 Å². The second-order valence-corrected chi connectivity index (χ2v) is 6.16. The second-order valence-electron chi connectivity index (χ2n) is 6.16. The zero-order valence-electron chi connectivity index (χ0n) is 14.0. The molecule has 1 aromatic heterocycles. The van der Waals surface area contributed by atoms with Crippen molar-refractivity contribution in [2.45, 2.75) is 20.3 Å². The largest absolute Gasteiger partial charge is 0.368 e. The van der Waals surface area contributed by atoms with Gasteiger partial charge >= 0.3 is 0 Å². The number of rotatable bonds is 4. The number of aromatic nitrogens is 2. The molecule has 0 radical (unpaired) electrons. The van der Waals surface area contributed by atoms with Crippen LogP contribution in [0.2, 0.25) is 0 Å². The van der Waals surface area contributed by atoms with Gasteiger partial charge in [-0.25, -0.2) is 4.98 Å². The Morgan fingerprint density at radius 1 is 1.09 bits per heavy atom. The lowest BCUT2D eigenvalue weighted by Gasteiger charge is -2.35. The first-order chi connectivity index (χ1) is 11.2. The number of hydrogen-bond acceptors (Lipinski definition) is 5. The topological polar surface area (TPSA) is 58.3 Å². The molecule has 0 spiro atoms. The highest BCUT2D eigenvalue weighted by Crippen LogP contribution is 2.23. The predicted octanol–water partition coefficient (Wildman–Crippen LogP) is 2.10. The zero-order valence-corrected chi connectivity index (χ0v) is 14.0. The summed E-state index contributed by atoms with van der Waals surface area (Å²) in [6, 6.07) is 8.63. The summed E-state index contributed by atoms with van der Waals surface area (Å²) in [4.78, 5) is 13.5. The number of anilines is 2. The van der Waals surface area contributed by atoms with Crippen LogP contribution >= 0.6 is 0 Å². The van der Waals surface area contributed by atoms with Crippen molar-refractivity contribution < 1.29 is 0 Å². The van der Waals surface area contributed by atoms with Crippen molar-refractivity contribution in [3.63, 3.8) is 0 Å². The summed E-state index contributed by atoms with van der Waals surface area (Å²) < 4.78 is 0. The molecule has 0 aliphatic carbocycles. The smallest absolute Gasteiger partial charge is 0.221 e. The van der Waals surface area contributed by atoms with Gasteiger partial charge in [-0.3, -0.25) is 0 Å². The lowest BCUT2D eigenvalue weighted by atomic mass is 10.0. The fourth-order valence-corrected chi connectivity index (χ4v) is 3.01. The summed E-state index contributed by atoms with van der Waals surface area (Å²) in [6.45, 7) is 9.55. The Labute approximate surface area is 138 Å². The number of nitrogen functional groups attached to an aromatic ring is 1. The molecular weight excluding hydrogens is 286 g/mol. The Hall–Kier alpha value is -2.14. The lowest BCUT2D eigenvalue weighted by molar-refractivity contribution is 0.270.